The number of rotatable bonds is 7. The van der Waals surface area contributed by atoms with Gasteiger partial charge in [0.25, 0.3) is 5.91 Å². The largest absolute Gasteiger partial charge is 0.461 e. The number of nitrogens with zero attached hydrogens (tertiary/aromatic N) is 1. The van der Waals surface area contributed by atoms with Gasteiger partial charge in [-0.15, -0.1) is 0 Å². The Morgan fingerprint density at radius 3 is 2.34 bits per heavy atom. The Balaban J connectivity index is 1.34. The lowest BCUT2D eigenvalue weighted by atomic mass is 10.0. The number of carbonyl (C=O) groups excluding carboxylic acids is 1. The highest BCUT2D eigenvalue weighted by Crippen LogP contribution is 2.25. The Morgan fingerprint density at radius 2 is 1.66 bits per heavy atom. The zero-order chi connectivity index (χ0) is 22.6. The molecule has 1 fully saturated rings. The van der Waals surface area contributed by atoms with Gasteiger partial charge in [0.2, 0.25) is 0 Å². The molecule has 32 heavy (non-hydrogen) atoms. The molecule has 2 heterocycles. The third kappa shape index (κ3) is 5.29. The molecule has 1 amide bonds. The molecule has 0 radical (unpaired) electrons. The first-order valence-electron chi connectivity index (χ1n) is 11.3. The van der Waals surface area contributed by atoms with Crippen LogP contribution in [0.4, 0.5) is 0 Å². The van der Waals surface area contributed by atoms with Gasteiger partial charge in [0.15, 0.2) is 0 Å². The molecule has 0 bridgehead atoms. The quantitative estimate of drug-likeness (QED) is 0.537. The highest BCUT2D eigenvalue weighted by Gasteiger charge is 2.30. The first-order valence-corrected chi connectivity index (χ1v) is 11.3. The summed E-state index contributed by atoms with van der Waals surface area (Å²) >= 11 is 0. The SMILES string of the molecule is Cc1oc(-c2ccccc2)cc1C(=O)NCc1ccc(C[N+](C)(C)C2CCOCC2)cc1. The number of nitrogens with one attached hydrogen (secondary N) is 1. The fourth-order valence-electron chi connectivity index (χ4n) is 4.48. The van der Waals surface area contributed by atoms with Crippen molar-refractivity contribution in [1.29, 1.82) is 0 Å². The molecular formula is C27H33N2O3+. The summed E-state index contributed by atoms with van der Waals surface area (Å²) in [5, 5.41) is 3.02. The van der Waals surface area contributed by atoms with Gasteiger partial charge in [0.1, 0.15) is 18.1 Å². The number of benzene rings is 2. The second-order valence-electron chi connectivity index (χ2n) is 9.23. The molecule has 1 saturated heterocycles. The van der Waals surface area contributed by atoms with E-state index in [0.29, 0.717) is 29.7 Å². The summed E-state index contributed by atoms with van der Waals surface area (Å²) in [5.41, 5.74) is 3.95. The van der Waals surface area contributed by atoms with Gasteiger partial charge in [-0.3, -0.25) is 4.79 Å². The number of aryl methyl sites for hydroxylation is 1. The average molecular weight is 434 g/mol. The molecule has 168 valence electrons. The van der Waals surface area contributed by atoms with Crippen LogP contribution in [0.2, 0.25) is 0 Å². The van der Waals surface area contributed by atoms with E-state index in [1.54, 1.807) is 0 Å². The molecule has 2 aromatic carbocycles. The van der Waals surface area contributed by atoms with Crippen molar-refractivity contribution in [3.63, 3.8) is 0 Å². The Bertz CT molecular complexity index is 1030. The maximum atomic E-state index is 12.7. The van der Waals surface area contributed by atoms with Gasteiger partial charge in [-0.2, -0.15) is 0 Å². The molecule has 1 aliphatic heterocycles. The minimum absolute atomic E-state index is 0.116. The topological polar surface area (TPSA) is 51.5 Å². The number of hydrogen-bond acceptors (Lipinski definition) is 3. The van der Waals surface area contributed by atoms with Gasteiger partial charge in [0.05, 0.1) is 38.9 Å². The fourth-order valence-corrected chi connectivity index (χ4v) is 4.48. The Hall–Kier alpha value is -2.89. The van der Waals surface area contributed by atoms with Crippen molar-refractivity contribution in [3.05, 3.63) is 83.1 Å². The van der Waals surface area contributed by atoms with Crippen LogP contribution in [0.25, 0.3) is 11.3 Å². The smallest absolute Gasteiger partial charge is 0.255 e. The van der Waals surface area contributed by atoms with Crippen molar-refractivity contribution in [2.75, 3.05) is 27.3 Å². The maximum Gasteiger partial charge on any atom is 0.255 e. The second kappa shape index (κ2) is 9.72. The van der Waals surface area contributed by atoms with Crippen molar-refractivity contribution in [1.82, 2.24) is 5.32 Å². The molecule has 4 rings (SSSR count). The molecule has 3 aromatic rings. The molecule has 1 aromatic heterocycles. The molecule has 1 N–H and O–H groups in total. The van der Waals surface area contributed by atoms with Crippen molar-refractivity contribution < 1.29 is 18.4 Å². The van der Waals surface area contributed by atoms with E-state index in [4.69, 9.17) is 9.15 Å². The van der Waals surface area contributed by atoms with Crippen molar-refractivity contribution >= 4 is 5.91 Å². The number of carbonyl (C=O) groups is 1. The summed E-state index contributed by atoms with van der Waals surface area (Å²) in [6, 6.07) is 20.9. The van der Waals surface area contributed by atoms with E-state index >= 15 is 0 Å². The molecular weight excluding hydrogens is 400 g/mol. The predicted octanol–water partition coefficient (Wildman–Crippen LogP) is 4.94. The summed E-state index contributed by atoms with van der Waals surface area (Å²) in [5.74, 6) is 1.22. The third-order valence-corrected chi connectivity index (χ3v) is 6.47. The summed E-state index contributed by atoms with van der Waals surface area (Å²) in [4.78, 5) is 12.7. The highest BCUT2D eigenvalue weighted by molar-refractivity contribution is 5.96. The van der Waals surface area contributed by atoms with Gasteiger partial charge in [-0.05, 0) is 18.6 Å². The average Bonchev–Trinajstić information content (AvgIpc) is 3.21. The van der Waals surface area contributed by atoms with Gasteiger partial charge in [0, 0.05) is 30.5 Å². The Kier molecular flexibility index (Phi) is 6.77. The number of hydrogen-bond donors (Lipinski definition) is 1. The van der Waals surface area contributed by atoms with Crippen molar-refractivity contribution in [2.45, 2.75) is 38.9 Å². The van der Waals surface area contributed by atoms with E-state index in [2.05, 4.69) is 43.7 Å². The van der Waals surface area contributed by atoms with Crippen LogP contribution in [0.15, 0.2) is 65.1 Å². The zero-order valence-electron chi connectivity index (χ0n) is 19.3. The molecule has 5 heteroatoms. The number of amides is 1. The molecule has 1 aliphatic rings. The molecule has 0 saturated carbocycles. The van der Waals surface area contributed by atoms with Gasteiger partial charge >= 0.3 is 0 Å². The van der Waals surface area contributed by atoms with E-state index in [1.807, 2.05) is 43.3 Å². The number of quaternary nitrogens is 1. The first kappa shape index (κ1) is 22.3. The Labute approximate surface area is 190 Å². The first-order chi connectivity index (χ1) is 15.4. The summed E-state index contributed by atoms with van der Waals surface area (Å²) in [6.07, 6.45) is 2.24. The van der Waals surface area contributed by atoms with Gasteiger partial charge in [-0.25, -0.2) is 0 Å². The summed E-state index contributed by atoms with van der Waals surface area (Å²) in [7, 11) is 4.61. The van der Waals surface area contributed by atoms with E-state index in [-0.39, 0.29) is 5.91 Å². The summed E-state index contributed by atoms with van der Waals surface area (Å²) < 4.78 is 12.3. The van der Waals surface area contributed by atoms with Crippen LogP contribution in [-0.4, -0.2) is 43.7 Å². The number of ether oxygens (including phenoxy) is 1. The maximum absolute atomic E-state index is 12.7. The van der Waals surface area contributed by atoms with Gasteiger partial charge in [-0.1, -0.05) is 54.6 Å². The molecule has 0 unspecified atom stereocenters. The predicted molar refractivity (Wildman–Crippen MR) is 126 cm³/mol. The lowest BCUT2D eigenvalue weighted by Gasteiger charge is -2.40. The van der Waals surface area contributed by atoms with Crippen LogP contribution in [0.5, 0.6) is 0 Å². The van der Waals surface area contributed by atoms with Crippen LogP contribution in [0, 0.1) is 6.92 Å². The molecule has 0 aliphatic carbocycles. The van der Waals surface area contributed by atoms with Crippen molar-refractivity contribution in [2.24, 2.45) is 0 Å². The molecule has 5 nitrogen and oxygen atoms in total. The van der Waals surface area contributed by atoms with E-state index in [9.17, 15) is 4.79 Å². The lowest BCUT2D eigenvalue weighted by Crippen LogP contribution is -2.50. The normalized spacial score (nSPS) is 15.0. The van der Waals surface area contributed by atoms with Gasteiger partial charge < -0.3 is 19.0 Å². The molecule has 0 atom stereocenters. The zero-order valence-corrected chi connectivity index (χ0v) is 19.3. The number of furan rings is 1. The van der Waals surface area contributed by atoms with E-state index in [1.165, 1.54) is 5.56 Å². The van der Waals surface area contributed by atoms with Crippen LogP contribution in [0.3, 0.4) is 0 Å². The summed E-state index contributed by atoms with van der Waals surface area (Å²) in [6.45, 7) is 5.05. The minimum Gasteiger partial charge on any atom is -0.461 e. The van der Waals surface area contributed by atoms with E-state index in [0.717, 1.165) is 48.2 Å². The van der Waals surface area contributed by atoms with Crippen LogP contribution < -0.4 is 5.32 Å². The van der Waals surface area contributed by atoms with Crippen LogP contribution in [-0.2, 0) is 17.8 Å². The fraction of sp³-hybridized carbons (Fsp3) is 0.370. The van der Waals surface area contributed by atoms with E-state index < -0.39 is 0 Å². The minimum atomic E-state index is -0.116. The highest BCUT2D eigenvalue weighted by atomic mass is 16.5. The standard InChI is InChI=1S/C27H32N2O3/c1-20-25(17-26(32-20)23-7-5-4-6-8-23)27(30)28-18-21-9-11-22(12-10-21)19-29(2,3)24-13-15-31-16-14-24/h4-12,17,24H,13-16,18-19H2,1-3H3/p+1. The molecule has 0 spiro atoms. The Morgan fingerprint density at radius 1 is 1.00 bits per heavy atom. The van der Waals surface area contributed by atoms with Crippen molar-refractivity contribution in [3.8, 4) is 11.3 Å². The monoisotopic (exact) mass is 433 g/mol. The third-order valence-electron chi connectivity index (χ3n) is 6.47. The second-order valence-corrected chi connectivity index (χ2v) is 9.23. The van der Waals surface area contributed by atoms with Crippen LogP contribution in [0.1, 0.15) is 40.1 Å². The van der Waals surface area contributed by atoms with Crippen LogP contribution >= 0.6 is 0 Å². The lowest BCUT2D eigenvalue weighted by molar-refractivity contribution is -0.929.